The van der Waals surface area contributed by atoms with Gasteiger partial charge in [-0.25, -0.2) is 0 Å². The van der Waals surface area contributed by atoms with E-state index in [1.54, 1.807) is 24.3 Å². The normalized spacial score (nSPS) is 10.1. The third-order valence-corrected chi connectivity index (χ3v) is 1.88. The number of hydrogen-bond acceptors (Lipinski definition) is 4. The molecule has 1 amide bonds. The van der Waals surface area contributed by atoms with E-state index in [9.17, 15) is 14.7 Å². The quantitative estimate of drug-likeness (QED) is 0.777. The van der Waals surface area contributed by atoms with Gasteiger partial charge in [-0.2, -0.15) is 0 Å². The lowest BCUT2D eigenvalue weighted by Crippen LogP contribution is -2.37. The molecule has 0 aliphatic rings. The minimum atomic E-state index is -1.32. The van der Waals surface area contributed by atoms with Crippen molar-refractivity contribution in [1.29, 1.82) is 0 Å². The molecule has 0 unspecified atom stereocenters. The average Bonchev–Trinajstić information content (AvgIpc) is 2.26. The molecule has 0 aliphatic heterocycles. The number of amides is 1. The SMILES string of the molecule is CC(C)Oc1ccc(C(=O)NCC(=O)[O-])cc1. The summed E-state index contributed by atoms with van der Waals surface area (Å²) in [5.74, 6) is -1.11. The number of nitrogens with one attached hydrogen (secondary N) is 1. The van der Waals surface area contributed by atoms with Crippen molar-refractivity contribution in [2.45, 2.75) is 20.0 Å². The van der Waals surface area contributed by atoms with Crippen LogP contribution in [-0.4, -0.2) is 24.5 Å². The van der Waals surface area contributed by atoms with Crippen LogP contribution in [0.2, 0.25) is 0 Å². The lowest BCUT2D eigenvalue weighted by molar-refractivity contribution is -0.303. The number of carboxylic acid groups (broad SMARTS) is 1. The molecule has 17 heavy (non-hydrogen) atoms. The molecule has 1 aromatic rings. The van der Waals surface area contributed by atoms with Crippen molar-refractivity contribution in [1.82, 2.24) is 5.32 Å². The molecule has 92 valence electrons. The van der Waals surface area contributed by atoms with Gasteiger partial charge in [0.05, 0.1) is 18.6 Å². The fourth-order valence-electron chi connectivity index (χ4n) is 1.21. The minimum Gasteiger partial charge on any atom is -0.548 e. The van der Waals surface area contributed by atoms with Crippen molar-refractivity contribution in [3.05, 3.63) is 29.8 Å². The van der Waals surface area contributed by atoms with Gasteiger partial charge in [0, 0.05) is 5.56 Å². The first-order chi connectivity index (χ1) is 7.99. The van der Waals surface area contributed by atoms with Gasteiger partial charge >= 0.3 is 0 Å². The van der Waals surface area contributed by atoms with Crippen LogP contribution < -0.4 is 15.2 Å². The highest BCUT2D eigenvalue weighted by Gasteiger charge is 2.05. The van der Waals surface area contributed by atoms with Crippen molar-refractivity contribution in [3.8, 4) is 5.75 Å². The van der Waals surface area contributed by atoms with E-state index < -0.39 is 18.4 Å². The minimum absolute atomic E-state index is 0.0627. The van der Waals surface area contributed by atoms with Gasteiger partial charge in [0.1, 0.15) is 5.75 Å². The second-order valence-corrected chi connectivity index (χ2v) is 3.75. The molecule has 5 heteroatoms. The highest BCUT2D eigenvalue weighted by molar-refractivity contribution is 5.95. The predicted molar refractivity (Wildman–Crippen MR) is 59.5 cm³/mol. The first kappa shape index (κ1) is 13.0. The molecule has 5 nitrogen and oxygen atoms in total. The van der Waals surface area contributed by atoms with E-state index in [0.717, 1.165) is 0 Å². The molecule has 0 saturated heterocycles. The van der Waals surface area contributed by atoms with E-state index in [-0.39, 0.29) is 6.10 Å². The second-order valence-electron chi connectivity index (χ2n) is 3.75. The summed E-state index contributed by atoms with van der Waals surface area (Å²) in [7, 11) is 0. The smallest absolute Gasteiger partial charge is 0.251 e. The van der Waals surface area contributed by atoms with Crippen LogP contribution in [0.1, 0.15) is 24.2 Å². The van der Waals surface area contributed by atoms with Gasteiger partial charge < -0.3 is 20.0 Å². The van der Waals surface area contributed by atoms with Crippen molar-refractivity contribution in [3.63, 3.8) is 0 Å². The number of benzene rings is 1. The Balaban J connectivity index is 2.60. The zero-order valence-corrected chi connectivity index (χ0v) is 9.73. The molecular weight excluding hydrogens is 222 g/mol. The monoisotopic (exact) mass is 236 g/mol. The lowest BCUT2D eigenvalue weighted by Gasteiger charge is -2.10. The van der Waals surface area contributed by atoms with E-state index in [4.69, 9.17) is 4.74 Å². The number of carbonyl (C=O) groups excluding carboxylic acids is 2. The summed E-state index contributed by atoms with van der Waals surface area (Å²) in [6.07, 6.45) is 0.0627. The predicted octanol–water partition coefficient (Wildman–Crippen LogP) is -0.0465. The van der Waals surface area contributed by atoms with Crippen LogP contribution in [0.25, 0.3) is 0 Å². The van der Waals surface area contributed by atoms with Crippen LogP contribution in [0.5, 0.6) is 5.75 Å². The Hall–Kier alpha value is -2.04. The molecule has 0 radical (unpaired) electrons. The fourth-order valence-corrected chi connectivity index (χ4v) is 1.21. The zero-order valence-electron chi connectivity index (χ0n) is 9.73. The van der Waals surface area contributed by atoms with Gasteiger partial charge in [0.25, 0.3) is 5.91 Å². The van der Waals surface area contributed by atoms with E-state index >= 15 is 0 Å². The molecule has 0 heterocycles. The standard InChI is InChI=1S/C12H15NO4/c1-8(2)17-10-5-3-9(4-6-10)12(16)13-7-11(14)15/h3-6,8H,7H2,1-2H3,(H,13,16)(H,14,15)/p-1. The first-order valence-electron chi connectivity index (χ1n) is 5.24. The van der Waals surface area contributed by atoms with E-state index in [1.165, 1.54) is 0 Å². The van der Waals surface area contributed by atoms with Crippen molar-refractivity contribution in [2.75, 3.05) is 6.54 Å². The van der Waals surface area contributed by atoms with Gasteiger partial charge in [-0.3, -0.25) is 4.79 Å². The number of aliphatic carboxylic acids is 1. The Morgan fingerprint density at radius 3 is 2.35 bits per heavy atom. The Bertz CT molecular complexity index is 397. The van der Waals surface area contributed by atoms with Gasteiger partial charge in [-0.1, -0.05) is 0 Å². The molecule has 0 aromatic heterocycles. The van der Waals surface area contributed by atoms with E-state index in [2.05, 4.69) is 5.32 Å². The van der Waals surface area contributed by atoms with Crippen LogP contribution in [0, 0.1) is 0 Å². The van der Waals surface area contributed by atoms with E-state index in [0.29, 0.717) is 11.3 Å². The summed E-state index contributed by atoms with van der Waals surface area (Å²) in [5, 5.41) is 12.4. The number of ether oxygens (including phenoxy) is 1. The fraction of sp³-hybridized carbons (Fsp3) is 0.333. The Labute approximate surface area is 99.4 Å². The van der Waals surface area contributed by atoms with Crippen LogP contribution in [0.15, 0.2) is 24.3 Å². The van der Waals surface area contributed by atoms with E-state index in [1.807, 2.05) is 13.8 Å². The second kappa shape index (κ2) is 5.89. The van der Waals surface area contributed by atoms with Crippen LogP contribution in [-0.2, 0) is 4.79 Å². The topological polar surface area (TPSA) is 78.5 Å². The molecule has 1 rings (SSSR count). The molecule has 1 N–H and O–H groups in total. The third kappa shape index (κ3) is 4.55. The van der Waals surface area contributed by atoms with Crippen LogP contribution in [0.4, 0.5) is 0 Å². The van der Waals surface area contributed by atoms with Crippen molar-refractivity contribution < 1.29 is 19.4 Å². The number of rotatable bonds is 5. The highest BCUT2D eigenvalue weighted by Crippen LogP contribution is 2.13. The van der Waals surface area contributed by atoms with Crippen molar-refractivity contribution in [2.24, 2.45) is 0 Å². The number of hydrogen-bond donors (Lipinski definition) is 1. The maximum Gasteiger partial charge on any atom is 0.251 e. The zero-order chi connectivity index (χ0) is 12.8. The average molecular weight is 236 g/mol. The van der Waals surface area contributed by atoms with Crippen molar-refractivity contribution >= 4 is 11.9 Å². The molecular formula is C12H14NO4-. The molecule has 0 bridgehead atoms. The Morgan fingerprint density at radius 1 is 1.29 bits per heavy atom. The van der Waals surface area contributed by atoms with Crippen LogP contribution in [0.3, 0.4) is 0 Å². The first-order valence-corrected chi connectivity index (χ1v) is 5.24. The van der Waals surface area contributed by atoms with Crippen LogP contribution >= 0.6 is 0 Å². The highest BCUT2D eigenvalue weighted by atomic mass is 16.5. The van der Waals surface area contributed by atoms with Gasteiger partial charge in [-0.05, 0) is 38.1 Å². The lowest BCUT2D eigenvalue weighted by atomic mass is 10.2. The molecule has 0 atom stereocenters. The number of carboxylic acids is 1. The summed E-state index contributed by atoms with van der Waals surface area (Å²) in [6, 6.07) is 6.46. The van der Waals surface area contributed by atoms with Gasteiger partial charge in [0.15, 0.2) is 0 Å². The molecule has 0 saturated carbocycles. The summed E-state index contributed by atoms with van der Waals surface area (Å²) in [4.78, 5) is 21.6. The molecule has 0 aliphatic carbocycles. The maximum absolute atomic E-state index is 11.4. The third-order valence-electron chi connectivity index (χ3n) is 1.88. The summed E-state index contributed by atoms with van der Waals surface area (Å²) in [5.41, 5.74) is 0.377. The molecule has 0 fully saturated rings. The summed E-state index contributed by atoms with van der Waals surface area (Å²) in [6.45, 7) is 3.31. The largest absolute Gasteiger partial charge is 0.548 e. The molecule has 0 spiro atoms. The van der Waals surface area contributed by atoms with Gasteiger partial charge in [-0.15, -0.1) is 0 Å². The summed E-state index contributed by atoms with van der Waals surface area (Å²) >= 11 is 0. The Kier molecular flexibility index (Phi) is 4.51. The maximum atomic E-state index is 11.4. The summed E-state index contributed by atoms with van der Waals surface area (Å²) < 4.78 is 5.41. The molecule has 1 aromatic carbocycles. The van der Waals surface area contributed by atoms with Gasteiger partial charge in [0.2, 0.25) is 0 Å². The Morgan fingerprint density at radius 2 is 1.88 bits per heavy atom. The number of carbonyl (C=O) groups is 2.